The number of benzene rings is 1. The number of amides is 1. The standard InChI is InChI=1S/C14H19NO2/c1-10(16)14(17)15(2)13-8-7-11-5-3-4-6-12(11)9-13/h7-10,16H,3-6H2,1-2H3. The van der Waals surface area contributed by atoms with E-state index in [1.165, 1.54) is 35.8 Å². The number of carbonyl (C=O) groups is 1. The molecule has 1 amide bonds. The Morgan fingerprint density at radius 2 is 1.94 bits per heavy atom. The van der Waals surface area contributed by atoms with Gasteiger partial charge in [-0.1, -0.05) is 6.07 Å². The Morgan fingerprint density at radius 3 is 2.59 bits per heavy atom. The van der Waals surface area contributed by atoms with Crippen molar-refractivity contribution in [2.45, 2.75) is 38.7 Å². The number of likely N-dealkylation sites (N-methyl/N-ethyl adjacent to an activating group) is 1. The lowest BCUT2D eigenvalue weighted by Gasteiger charge is -2.22. The molecule has 0 bridgehead atoms. The molecule has 1 aromatic rings. The zero-order valence-electron chi connectivity index (χ0n) is 10.4. The predicted molar refractivity (Wildman–Crippen MR) is 68.2 cm³/mol. The summed E-state index contributed by atoms with van der Waals surface area (Å²) in [7, 11) is 1.71. The van der Waals surface area contributed by atoms with Crippen LogP contribution in [0, 0.1) is 0 Å². The number of carbonyl (C=O) groups excluding carboxylic acids is 1. The molecular formula is C14H19NO2. The molecule has 3 heteroatoms. The molecular weight excluding hydrogens is 214 g/mol. The maximum atomic E-state index is 11.7. The smallest absolute Gasteiger partial charge is 0.255 e. The molecule has 1 aliphatic rings. The first-order chi connectivity index (χ1) is 8.09. The predicted octanol–water partition coefficient (Wildman–Crippen LogP) is 1.91. The van der Waals surface area contributed by atoms with Crippen LogP contribution in [0.25, 0.3) is 0 Å². The van der Waals surface area contributed by atoms with Gasteiger partial charge >= 0.3 is 0 Å². The summed E-state index contributed by atoms with van der Waals surface area (Å²) in [5.74, 6) is -0.263. The van der Waals surface area contributed by atoms with Gasteiger partial charge in [-0.2, -0.15) is 0 Å². The zero-order chi connectivity index (χ0) is 12.4. The molecule has 92 valence electrons. The number of nitrogens with zero attached hydrogens (tertiary/aromatic N) is 1. The summed E-state index contributed by atoms with van der Waals surface area (Å²) < 4.78 is 0. The third-order valence-corrected chi connectivity index (χ3v) is 3.41. The Balaban J connectivity index is 2.24. The lowest BCUT2D eigenvalue weighted by atomic mass is 9.91. The van der Waals surface area contributed by atoms with E-state index in [2.05, 4.69) is 12.1 Å². The minimum atomic E-state index is -0.948. The summed E-state index contributed by atoms with van der Waals surface area (Å²) in [6.45, 7) is 1.50. The van der Waals surface area contributed by atoms with Gasteiger partial charge in [-0.3, -0.25) is 4.79 Å². The van der Waals surface area contributed by atoms with Crippen molar-refractivity contribution in [1.29, 1.82) is 0 Å². The fourth-order valence-corrected chi connectivity index (χ4v) is 2.34. The van der Waals surface area contributed by atoms with Gasteiger partial charge in [0.2, 0.25) is 0 Å². The Morgan fingerprint density at radius 1 is 1.29 bits per heavy atom. The lowest BCUT2D eigenvalue weighted by Crippen LogP contribution is -2.34. The average Bonchev–Trinajstić information content (AvgIpc) is 2.36. The van der Waals surface area contributed by atoms with Gasteiger partial charge in [0.05, 0.1) is 0 Å². The third kappa shape index (κ3) is 2.50. The molecule has 1 aliphatic carbocycles. The molecule has 17 heavy (non-hydrogen) atoms. The molecule has 0 saturated carbocycles. The molecule has 0 saturated heterocycles. The number of aliphatic hydroxyl groups is 1. The second kappa shape index (κ2) is 4.88. The molecule has 0 aromatic heterocycles. The number of aliphatic hydroxyl groups excluding tert-OH is 1. The van der Waals surface area contributed by atoms with Crippen molar-refractivity contribution in [3.05, 3.63) is 29.3 Å². The van der Waals surface area contributed by atoms with Gasteiger partial charge in [-0.25, -0.2) is 0 Å². The van der Waals surface area contributed by atoms with Crippen LogP contribution in [0.5, 0.6) is 0 Å². The van der Waals surface area contributed by atoms with Gasteiger partial charge in [-0.15, -0.1) is 0 Å². The molecule has 0 aliphatic heterocycles. The Labute approximate surface area is 102 Å². The summed E-state index contributed by atoms with van der Waals surface area (Å²) in [5.41, 5.74) is 3.62. The number of fused-ring (bicyclic) bond motifs is 1. The van der Waals surface area contributed by atoms with Crippen LogP contribution < -0.4 is 4.90 Å². The fraction of sp³-hybridized carbons (Fsp3) is 0.500. The second-order valence-electron chi connectivity index (χ2n) is 4.73. The largest absolute Gasteiger partial charge is 0.384 e. The maximum absolute atomic E-state index is 11.7. The highest BCUT2D eigenvalue weighted by atomic mass is 16.3. The third-order valence-electron chi connectivity index (χ3n) is 3.41. The van der Waals surface area contributed by atoms with Crippen LogP contribution >= 0.6 is 0 Å². The van der Waals surface area contributed by atoms with Gasteiger partial charge < -0.3 is 10.0 Å². The minimum absolute atomic E-state index is 0.263. The van der Waals surface area contributed by atoms with Gasteiger partial charge in [-0.05, 0) is 55.9 Å². The number of hydrogen-bond donors (Lipinski definition) is 1. The fourth-order valence-electron chi connectivity index (χ4n) is 2.34. The molecule has 0 spiro atoms. The summed E-state index contributed by atoms with van der Waals surface area (Å²) >= 11 is 0. The highest BCUT2D eigenvalue weighted by Gasteiger charge is 2.17. The average molecular weight is 233 g/mol. The van der Waals surface area contributed by atoms with Crippen molar-refractivity contribution in [1.82, 2.24) is 0 Å². The normalized spacial score (nSPS) is 16.2. The van der Waals surface area contributed by atoms with E-state index in [-0.39, 0.29) is 5.91 Å². The summed E-state index contributed by atoms with van der Waals surface area (Å²) in [6.07, 6.45) is 3.78. The number of anilines is 1. The molecule has 1 atom stereocenters. The van der Waals surface area contributed by atoms with E-state index in [1.807, 2.05) is 6.07 Å². The van der Waals surface area contributed by atoms with Crippen molar-refractivity contribution in [2.24, 2.45) is 0 Å². The number of rotatable bonds is 2. The molecule has 2 rings (SSSR count). The van der Waals surface area contributed by atoms with Gasteiger partial charge in [0.1, 0.15) is 6.10 Å². The van der Waals surface area contributed by atoms with Crippen LogP contribution in [0.15, 0.2) is 18.2 Å². The second-order valence-corrected chi connectivity index (χ2v) is 4.73. The molecule has 1 aromatic carbocycles. The van der Waals surface area contributed by atoms with E-state index in [0.717, 1.165) is 18.5 Å². The van der Waals surface area contributed by atoms with Crippen LogP contribution in [-0.2, 0) is 17.6 Å². The van der Waals surface area contributed by atoms with E-state index in [1.54, 1.807) is 7.05 Å². The first kappa shape index (κ1) is 12.1. The molecule has 0 fully saturated rings. The monoisotopic (exact) mass is 233 g/mol. The van der Waals surface area contributed by atoms with Crippen molar-refractivity contribution in [3.8, 4) is 0 Å². The van der Waals surface area contributed by atoms with Crippen molar-refractivity contribution in [2.75, 3.05) is 11.9 Å². The Bertz CT molecular complexity index is 426. The van der Waals surface area contributed by atoms with Gasteiger partial charge in [0, 0.05) is 12.7 Å². The topological polar surface area (TPSA) is 40.5 Å². The lowest BCUT2D eigenvalue weighted by molar-refractivity contribution is -0.125. The first-order valence-electron chi connectivity index (χ1n) is 6.17. The molecule has 1 unspecified atom stereocenters. The van der Waals surface area contributed by atoms with E-state index in [9.17, 15) is 9.90 Å². The summed E-state index contributed by atoms with van der Waals surface area (Å²) in [5, 5.41) is 9.30. The summed E-state index contributed by atoms with van der Waals surface area (Å²) in [6, 6.07) is 6.15. The highest BCUT2D eigenvalue weighted by Crippen LogP contribution is 2.25. The van der Waals surface area contributed by atoms with Gasteiger partial charge in [0.15, 0.2) is 0 Å². The highest BCUT2D eigenvalue weighted by molar-refractivity contribution is 5.95. The molecule has 1 N–H and O–H groups in total. The summed E-state index contributed by atoms with van der Waals surface area (Å²) in [4.78, 5) is 13.2. The zero-order valence-corrected chi connectivity index (χ0v) is 10.4. The molecule has 3 nitrogen and oxygen atoms in total. The first-order valence-corrected chi connectivity index (χ1v) is 6.17. The van der Waals surface area contributed by atoms with Crippen LogP contribution in [0.2, 0.25) is 0 Å². The number of aryl methyl sites for hydroxylation is 2. The Hall–Kier alpha value is -1.35. The van der Waals surface area contributed by atoms with Gasteiger partial charge in [0.25, 0.3) is 5.91 Å². The minimum Gasteiger partial charge on any atom is -0.384 e. The quantitative estimate of drug-likeness (QED) is 0.847. The van der Waals surface area contributed by atoms with E-state index in [0.29, 0.717) is 0 Å². The molecule has 0 radical (unpaired) electrons. The number of hydrogen-bond acceptors (Lipinski definition) is 2. The van der Waals surface area contributed by atoms with Crippen molar-refractivity contribution >= 4 is 11.6 Å². The molecule has 0 heterocycles. The van der Waals surface area contributed by atoms with E-state index < -0.39 is 6.10 Å². The SMILES string of the molecule is CC(O)C(=O)N(C)c1ccc2c(c1)CCCC2. The maximum Gasteiger partial charge on any atom is 0.255 e. The van der Waals surface area contributed by atoms with Crippen molar-refractivity contribution < 1.29 is 9.90 Å². The van der Waals surface area contributed by atoms with Crippen molar-refractivity contribution in [3.63, 3.8) is 0 Å². The van der Waals surface area contributed by atoms with Crippen LogP contribution in [-0.4, -0.2) is 24.2 Å². The Kier molecular flexibility index (Phi) is 3.48. The van der Waals surface area contributed by atoms with E-state index >= 15 is 0 Å². The van der Waals surface area contributed by atoms with Crippen LogP contribution in [0.3, 0.4) is 0 Å². The van der Waals surface area contributed by atoms with E-state index in [4.69, 9.17) is 0 Å². The van der Waals surface area contributed by atoms with Crippen LogP contribution in [0.1, 0.15) is 30.9 Å². The van der Waals surface area contributed by atoms with Crippen LogP contribution in [0.4, 0.5) is 5.69 Å².